The molecule has 1 unspecified atom stereocenters. The zero-order valence-corrected chi connectivity index (χ0v) is 8.41. The number of nitrogens with one attached hydrogen (secondary N) is 1. The van der Waals surface area contributed by atoms with E-state index in [2.05, 4.69) is 19.3 Å². The summed E-state index contributed by atoms with van der Waals surface area (Å²) >= 11 is 0. The molecule has 11 heavy (non-hydrogen) atoms. The summed E-state index contributed by atoms with van der Waals surface area (Å²) in [5.74, 6) is 1.03. The lowest BCUT2D eigenvalue weighted by atomic mass is 10.00. The van der Waals surface area contributed by atoms with Gasteiger partial charge in [0, 0.05) is 6.04 Å². The van der Waals surface area contributed by atoms with Gasteiger partial charge in [0.2, 0.25) is 0 Å². The topological polar surface area (TPSA) is 12.0 Å². The molecule has 1 rings (SSSR count). The number of halogens is 1. The van der Waals surface area contributed by atoms with E-state index >= 15 is 0 Å². The molecule has 0 aromatic heterocycles. The van der Waals surface area contributed by atoms with E-state index in [1.165, 1.54) is 32.1 Å². The van der Waals surface area contributed by atoms with Gasteiger partial charge in [0.15, 0.2) is 0 Å². The summed E-state index contributed by atoms with van der Waals surface area (Å²) in [7, 11) is 2.06. The lowest BCUT2D eigenvalue weighted by Crippen LogP contribution is -2.23. The lowest BCUT2D eigenvalue weighted by molar-refractivity contribution is 0.424. The molecule has 1 aliphatic carbocycles. The largest absolute Gasteiger partial charge is 0.317 e. The van der Waals surface area contributed by atoms with E-state index < -0.39 is 0 Å². The highest BCUT2D eigenvalue weighted by molar-refractivity contribution is 5.85. The predicted molar refractivity (Wildman–Crippen MR) is 52.3 cm³/mol. The number of rotatable bonds is 3. The summed E-state index contributed by atoms with van der Waals surface area (Å²) < 4.78 is 0. The van der Waals surface area contributed by atoms with Gasteiger partial charge in [-0.15, -0.1) is 12.4 Å². The van der Waals surface area contributed by atoms with Gasteiger partial charge in [-0.05, 0) is 26.3 Å². The molecule has 1 N–H and O–H groups in total. The van der Waals surface area contributed by atoms with Crippen LogP contribution in [0.2, 0.25) is 0 Å². The molecular formula is C9H20ClN. The molecule has 68 valence electrons. The third-order valence-electron chi connectivity index (χ3n) is 2.65. The Hall–Kier alpha value is 0.250. The van der Waals surface area contributed by atoms with Gasteiger partial charge in [0.25, 0.3) is 0 Å². The van der Waals surface area contributed by atoms with E-state index in [1.54, 1.807) is 0 Å². The quantitative estimate of drug-likeness (QED) is 0.699. The molecule has 0 radical (unpaired) electrons. The molecule has 0 spiro atoms. The van der Waals surface area contributed by atoms with Gasteiger partial charge in [-0.2, -0.15) is 0 Å². The Morgan fingerprint density at radius 1 is 1.36 bits per heavy atom. The van der Waals surface area contributed by atoms with Crippen LogP contribution in [0.15, 0.2) is 0 Å². The molecule has 1 atom stereocenters. The molecular weight excluding hydrogens is 158 g/mol. The Labute approximate surface area is 76.4 Å². The third-order valence-corrected chi connectivity index (χ3v) is 2.65. The van der Waals surface area contributed by atoms with Crippen LogP contribution in [0, 0.1) is 5.92 Å². The molecule has 0 bridgehead atoms. The van der Waals surface area contributed by atoms with Crippen LogP contribution in [-0.2, 0) is 0 Å². The first kappa shape index (κ1) is 11.2. The first-order valence-electron chi connectivity index (χ1n) is 4.50. The van der Waals surface area contributed by atoms with Crippen LogP contribution in [0.1, 0.15) is 39.0 Å². The highest BCUT2D eigenvalue weighted by Gasteiger charge is 2.16. The number of hydrogen-bond donors (Lipinski definition) is 1. The van der Waals surface area contributed by atoms with Gasteiger partial charge in [-0.25, -0.2) is 0 Å². The Kier molecular flexibility index (Phi) is 5.98. The minimum atomic E-state index is 0. The minimum Gasteiger partial charge on any atom is -0.317 e. The van der Waals surface area contributed by atoms with Crippen molar-refractivity contribution in [3.63, 3.8) is 0 Å². The van der Waals surface area contributed by atoms with Gasteiger partial charge < -0.3 is 5.32 Å². The third kappa shape index (κ3) is 3.97. The van der Waals surface area contributed by atoms with Gasteiger partial charge in [0.1, 0.15) is 0 Å². The molecule has 1 nitrogen and oxygen atoms in total. The second kappa shape index (κ2) is 5.84. The van der Waals surface area contributed by atoms with Crippen LogP contribution >= 0.6 is 12.4 Å². The van der Waals surface area contributed by atoms with Crippen LogP contribution in [0.4, 0.5) is 0 Å². The Bertz CT molecular complexity index is 89.6. The minimum absolute atomic E-state index is 0. The summed E-state index contributed by atoms with van der Waals surface area (Å²) in [4.78, 5) is 0. The normalized spacial score (nSPS) is 21.3. The molecule has 0 aliphatic heterocycles. The fraction of sp³-hybridized carbons (Fsp3) is 1.00. The fourth-order valence-electron chi connectivity index (χ4n) is 1.86. The average Bonchev–Trinajstić information content (AvgIpc) is 2.40. The SMILES string of the molecule is CNC(C)CC1CCCC1.Cl. The van der Waals surface area contributed by atoms with Crippen molar-refractivity contribution in [2.45, 2.75) is 45.1 Å². The summed E-state index contributed by atoms with van der Waals surface area (Å²) in [5.41, 5.74) is 0. The predicted octanol–water partition coefficient (Wildman–Crippen LogP) is 2.60. The van der Waals surface area contributed by atoms with Crippen LogP contribution < -0.4 is 5.32 Å². The van der Waals surface area contributed by atoms with Crippen LogP contribution in [-0.4, -0.2) is 13.1 Å². The van der Waals surface area contributed by atoms with Crippen molar-refractivity contribution in [2.24, 2.45) is 5.92 Å². The lowest BCUT2D eigenvalue weighted by Gasteiger charge is -2.14. The van der Waals surface area contributed by atoms with Gasteiger partial charge in [-0.3, -0.25) is 0 Å². The van der Waals surface area contributed by atoms with Crippen molar-refractivity contribution in [1.29, 1.82) is 0 Å². The second-order valence-corrected chi connectivity index (χ2v) is 3.58. The second-order valence-electron chi connectivity index (χ2n) is 3.58. The van der Waals surface area contributed by atoms with E-state index in [9.17, 15) is 0 Å². The number of hydrogen-bond acceptors (Lipinski definition) is 1. The standard InChI is InChI=1S/C9H19N.ClH/c1-8(10-2)7-9-5-3-4-6-9;/h8-10H,3-7H2,1-2H3;1H. The van der Waals surface area contributed by atoms with E-state index in [-0.39, 0.29) is 12.4 Å². The molecule has 0 amide bonds. The highest BCUT2D eigenvalue weighted by atomic mass is 35.5. The molecule has 0 aromatic rings. The Morgan fingerprint density at radius 2 is 1.91 bits per heavy atom. The molecule has 1 saturated carbocycles. The summed E-state index contributed by atoms with van der Waals surface area (Å²) in [5, 5.41) is 3.29. The summed E-state index contributed by atoms with van der Waals surface area (Å²) in [6.07, 6.45) is 7.29. The van der Waals surface area contributed by atoms with Crippen molar-refractivity contribution in [3.05, 3.63) is 0 Å². The van der Waals surface area contributed by atoms with E-state index in [1.807, 2.05) is 0 Å². The van der Waals surface area contributed by atoms with Crippen molar-refractivity contribution >= 4 is 12.4 Å². The molecule has 0 saturated heterocycles. The monoisotopic (exact) mass is 177 g/mol. The first-order chi connectivity index (χ1) is 4.83. The smallest absolute Gasteiger partial charge is 0.00383 e. The molecule has 2 heteroatoms. The van der Waals surface area contributed by atoms with Crippen molar-refractivity contribution < 1.29 is 0 Å². The van der Waals surface area contributed by atoms with E-state index in [0.29, 0.717) is 0 Å². The highest BCUT2D eigenvalue weighted by Crippen LogP contribution is 2.28. The van der Waals surface area contributed by atoms with Gasteiger partial charge >= 0.3 is 0 Å². The van der Waals surface area contributed by atoms with Crippen LogP contribution in [0.3, 0.4) is 0 Å². The van der Waals surface area contributed by atoms with E-state index in [4.69, 9.17) is 0 Å². The first-order valence-corrected chi connectivity index (χ1v) is 4.50. The van der Waals surface area contributed by atoms with E-state index in [0.717, 1.165) is 12.0 Å². The van der Waals surface area contributed by atoms with Crippen LogP contribution in [0.5, 0.6) is 0 Å². The maximum Gasteiger partial charge on any atom is 0.00383 e. The summed E-state index contributed by atoms with van der Waals surface area (Å²) in [6.45, 7) is 2.28. The van der Waals surface area contributed by atoms with Crippen molar-refractivity contribution in [1.82, 2.24) is 5.32 Å². The average molecular weight is 178 g/mol. The maximum absolute atomic E-state index is 3.29. The summed E-state index contributed by atoms with van der Waals surface area (Å²) in [6, 6.07) is 0.725. The fourth-order valence-corrected chi connectivity index (χ4v) is 1.86. The Morgan fingerprint density at radius 3 is 2.36 bits per heavy atom. The molecule has 0 heterocycles. The Balaban J connectivity index is 0.000001000. The molecule has 0 aromatic carbocycles. The molecule has 1 fully saturated rings. The zero-order chi connectivity index (χ0) is 7.40. The van der Waals surface area contributed by atoms with Crippen molar-refractivity contribution in [2.75, 3.05) is 7.05 Å². The maximum atomic E-state index is 3.29. The van der Waals surface area contributed by atoms with Gasteiger partial charge in [0.05, 0.1) is 0 Å². The van der Waals surface area contributed by atoms with Crippen LogP contribution in [0.25, 0.3) is 0 Å². The van der Waals surface area contributed by atoms with Gasteiger partial charge in [-0.1, -0.05) is 25.7 Å². The molecule has 1 aliphatic rings. The zero-order valence-electron chi connectivity index (χ0n) is 7.60. The van der Waals surface area contributed by atoms with Crippen molar-refractivity contribution in [3.8, 4) is 0 Å².